The number of rotatable bonds is 3. The van der Waals surface area contributed by atoms with Gasteiger partial charge in [0.1, 0.15) is 5.37 Å². The van der Waals surface area contributed by atoms with Crippen LogP contribution in [0.15, 0.2) is 0 Å². The number of carbonyl (C=O) groups is 1. The topological polar surface area (TPSA) is 54.5 Å². The molecular weight excluding hydrogens is 190 g/mol. The molecule has 13 heavy (non-hydrogen) atoms. The molecule has 5 heteroatoms. The average Bonchev–Trinajstić information content (AvgIpc) is 2.35. The zero-order valence-corrected chi connectivity index (χ0v) is 8.80. The first-order valence-electron chi connectivity index (χ1n) is 4.45. The Morgan fingerprint density at radius 2 is 2.15 bits per heavy atom. The van der Waals surface area contributed by atoms with Gasteiger partial charge in [-0.1, -0.05) is 6.92 Å². The Hall–Kier alpha value is -0.580. The summed E-state index contributed by atoms with van der Waals surface area (Å²) >= 11 is 0. The highest BCUT2D eigenvalue weighted by Crippen LogP contribution is 2.18. The summed E-state index contributed by atoms with van der Waals surface area (Å²) in [6.45, 7) is 2.38. The summed E-state index contributed by atoms with van der Waals surface area (Å²) in [5.41, 5.74) is 0. The van der Waals surface area contributed by atoms with Gasteiger partial charge in [-0.2, -0.15) is 0 Å². The lowest BCUT2D eigenvalue weighted by molar-refractivity contribution is -0.128. The molecule has 1 fully saturated rings. The molecular formula is C8H15NO3S. The van der Waals surface area contributed by atoms with Crippen LogP contribution < -0.4 is 0 Å². The lowest BCUT2D eigenvalue weighted by atomic mass is 10.4. The van der Waals surface area contributed by atoms with E-state index in [1.54, 1.807) is 6.92 Å². The molecule has 1 amide bonds. The number of likely N-dealkylation sites (tertiary alicyclic amines) is 1. The lowest BCUT2D eigenvalue weighted by Gasteiger charge is -2.24. The minimum atomic E-state index is -3.13. The Balaban J connectivity index is 2.84. The van der Waals surface area contributed by atoms with E-state index in [1.807, 2.05) is 0 Å². The fourth-order valence-electron chi connectivity index (χ4n) is 1.73. The fourth-order valence-corrected chi connectivity index (χ4v) is 3.02. The molecule has 1 atom stereocenters. The van der Waals surface area contributed by atoms with E-state index in [0.717, 1.165) is 6.42 Å². The second kappa shape index (κ2) is 3.65. The predicted molar refractivity (Wildman–Crippen MR) is 49.9 cm³/mol. The minimum Gasteiger partial charge on any atom is -0.326 e. The zero-order chi connectivity index (χ0) is 10.1. The smallest absolute Gasteiger partial charge is 0.223 e. The normalized spacial score (nSPS) is 20.8. The zero-order valence-electron chi connectivity index (χ0n) is 7.99. The van der Waals surface area contributed by atoms with E-state index in [1.165, 1.54) is 11.2 Å². The Labute approximate surface area is 78.8 Å². The van der Waals surface area contributed by atoms with Crippen LogP contribution in [0.25, 0.3) is 0 Å². The summed E-state index contributed by atoms with van der Waals surface area (Å²) in [4.78, 5) is 12.8. The van der Waals surface area contributed by atoms with Crippen molar-refractivity contribution in [2.45, 2.75) is 31.6 Å². The first-order chi connectivity index (χ1) is 5.96. The van der Waals surface area contributed by atoms with Crippen molar-refractivity contribution >= 4 is 15.7 Å². The SMILES string of the molecule is CCC(N1CCCC1=O)S(C)(=O)=O. The highest BCUT2D eigenvalue weighted by atomic mass is 32.2. The van der Waals surface area contributed by atoms with Crippen molar-refractivity contribution in [3.8, 4) is 0 Å². The maximum Gasteiger partial charge on any atom is 0.223 e. The van der Waals surface area contributed by atoms with Crippen LogP contribution in [0.3, 0.4) is 0 Å². The van der Waals surface area contributed by atoms with Gasteiger partial charge in [-0.25, -0.2) is 8.42 Å². The summed E-state index contributed by atoms with van der Waals surface area (Å²) in [6.07, 6.45) is 2.94. The number of amides is 1. The number of sulfone groups is 1. The molecule has 1 heterocycles. The van der Waals surface area contributed by atoms with Crippen molar-refractivity contribution in [2.75, 3.05) is 12.8 Å². The van der Waals surface area contributed by atoms with Crippen LogP contribution in [0, 0.1) is 0 Å². The highest BCUT2D eigenvalue weighted by Gasteiger charge is 2.32. The second-order valence-electron chi connectivity index (χ2n) is 3.38. The first kappa shape index (κ1) is 10.5. The molecule has 0 aromatic heterocycles. The van der Waals surface area contributed by atoms with Crippen molar-refractivity contribution in [3.05, 3.63) is 0 Å². The van der Waals surface area contributed by atoms with Gasteiger partial charge in [0, 0.05) is 19.2 Å². The quantitative estimate of drug-likeness (QED) is 0.669. The molecule has 1 aliphatic rings. The second-order valence-corrected chi connectivity index (χ2v) is 5.59. The van der Waals surface area contributed by atoms with Crippen LogP contribution >= 0.6 is 0 Å². The summed E-state index contributed by atoms with van der Waals surface area (Å²) in [5, 5.41) is -0.609. The molecule has 1 saturated heterocycles. The summed E-state index contributed by atoms with van der Waals surface area (Å²) in [6, 6.07) is 0. The van der Waals surface area contributed by atoms with Crippen LogP contribution in [0.1, 0.15) is 26.2 Å². The van der Waals surface area contributed by atoms with Gasteiger partial charge in [-0.3, -0.25) is 4.79 Å². The van der Waals surface area contributed by atoms with Crippen LogP contribution in [0.5, 0.6) is 0 Å². The van der Waals surface area contributed by atoms with E-state index in [9.17, 15) is 13.2 Å². The van der Waals surface area contributed by atoms with Gasteiger partial charge in [0.15, 0.2) is 9.84 Å². The Morgan fingerprint density at radius 3 is 2.46 bits per heavy atom. The molecule has 0 aromatic carbocycles. The summed E-state index contributed by atoms with van der Waals surface area (Å²) < 4.78 is 22.6. The van der Waals surface area contributed by atoms with Crippen LogP contribution in [-0.2, 0) is 14.6 Å². The van der Waals surface area contributed by atoms with E-state index in [2.05, 4.69) is 0 Å². The largest absolute Gasteiger partial charge is 0.326 e. The predicted octanol–water partition coefficient (Wildman–Crippen LogP) is 0.390. The van der Waals surface area contributed by atoms with Gasteiger partial charge < -0.3 is 4.90 Å². The lowest BCUT2D eigenvalue weighted by Crippen LogP contribution is -2.40. The number of carbonyl (C=O) groups excluding carboxylic acids is 1. The van der Waals surface area contributed by atoms with Gasteiger partial charge >= 0.3 is 0 Å². The van der Waals surface area contributed by atoms with Crippen molar-refractivity contribution in [1.29, 1.82) is 0 Å². The molecule has 0 spiro atoms. The molecule has 4 nitrogen and oxygen atoms in total. The Kier molecular flexibility index (Phi) is 2.95. The van der Waals surface area contributed by atoms with Crippen molar-refractivity contribution in [2.24, 2.45) is 0 Å². The van der Waals surface area contributed by atoms with Crippen molar-refractivity contribution in [1.82, 2.24) is 4.90 Å². The monoisotopic (exact) mass is 205 g/mol. The third-order valence-corrected chi connectivity index (χ3v) is 3.88. The molecule has 0 radical (unpaired) electrons. The van der Waals surface area contributed by atoms with Gasteiger partial charge in [0.25, 0.3) is 0 Å². The molecule has 0 aromatic rings. The average molecular weight is 205 g/mol. The van der Waals surface area contributed by atoms with Gasteiger partial charge in [-0.15, -0.1) is 0 Å². The molecule has 1 unspecified atom stereocenters. The molecule has 76 valence electrons. The summed E-state index contributed by atoms with van der Waals surface area (Å²) in [7, 11) is -3.13. The van der Waals surface area contributed by atoms with E-state index >= 15 is 0 Å². The maximum atomic E-state index is 11.3. The fraction of sp³-hybridized carbons (Fsp3) is 0.875. The molecule has 1 rings (SSSR count). The molecule has 1 aliphatic heterocycles. The van der Waals surface area contributed by atoms with Crippen molar-refractivity contribution < 1.29 is 13.2 Å². The van der Waals surface area contributed by atoms with E-state index in [-0.39, 0.29) is 5.91 Å². The molecule has 0 N–H and O–H groups in total. The molecule has 0 saturated carbocycles. The van der Waals surface area contributed by atoms with E-state index < -0.39 is 15.2 Å². The third kappa shape index (κ3) is 2.21. The van der Waals surface area contributed by atoms with E-state index in [0.29, 0.717) is 19.4 Å². The highest BCUT2D eigenvalue weighted by molar-refractivity contribution is 7.91. The third-order valence-electron chi connectivity index (χ3n) is 2.30. The van der Waals surface area contributed by atoms with Crippen LogP contribution in [0.4, 0.5) is 0 Å². The number of hydrogen-bond acceptors (Lipinski definition) is 3. The number of nitrogens with zero attached hydrogens (tertiary/aromatic N) is 1. The Bertz CT molecular complexity index is 297. The van der Waals surface area contributed by atoms with Gasteiger partial charge in [0.05, 0.1) is 0 Å². The minimum absolute atomic E-state index is 0.0303. The molecule has 0 bridgehead atoms. The van der Waals surface area contributed by atoms with Crippen LogP contribution in [0.2, 0.25) is 0 Å². The number of hydrogen-bond donors (Lipinski definition) is 0. The maximum absolute atomic E-state index is 11.3. The van der Waals surface area contributed by atoms with Gasteiger partial charge in [0.2, 0.25) is 5.91 Å². The van der Waals surface area contributed by atoms with E-state index in [4.69, 9.17) is 0 Å². The van der Waals surface area contributed by atoms with Gasteiger partial charge in [-0.05, 0) is 12.8 Å². The van der Waals surface area contributed by atoms with Crippen molar-refractivity contribution in [3.63, 3.8) is 0 Å². The summed E-state index contributed by atoms with van der Waals surface area (Å²) in [5.74, 6) is -0.0303. The first-order valence-corrected chi connectivity index (χ1v) is 6.40. The standard InChI is InChI=1S/C8H15NO3S/c1-3-8(13(2,11)12)9-6-4-5-7(9)10/h8H,3-6H2,1-2H3. The van der Waals surface area contributed by atoms with Crippen LogP contribution in [-0.4, -0.2) is 37.4 Å². The molecule has 0 aliphatic carbocycles. The Morgan fingerprint density at radius 1 is 1.54 bits per heavy atom.